The third-order valence-corrected chi connectivity index (χ3v) is 3.49. The van der Waals surface area contributed by atoms with Gasteiger partial charge < -0.3 is 10.5 Å². The molecule has 1 aromatic carbocycles. The maximum atomic E-state index is 6.37. The maximum Gasteiger partial charge on any atom is 0.122 e. The molecule has 15 heavy (non-hydrogen) atoms. The predicted molar refractivity (Wildman–Crippen MR) is 62.1 cm³/mol. The minimum absolute atomic E-state index is 0.0834. The Labute approximate surface area is 91.4 Å². The first-order valence-corrected chi connectivity index (χ1v) is 5.66. The van der Waals surface area contributed by atoms with Gasteiger partial charge in [0, 0.05) is 5.54 Å². The van der Waals surface area contributed by atoms with Gasteiger partial charge in [0.15, 0.2) is 0 Å². The van der Waals surface area contributed by atoms with E-state index in [9.17, 15) is 0 Å². The van der Waals surface area contributed by atoms with E-state index in [4.69, 9.17) is 10.5 Å². The third kappa shape index (κ3) is 1.63. The molecule has 0 saturated heterocycles. The van der Waals surface area contributed by atoms with Gasteiger partial charge in [-0.2, -0.15) is 0 Å². The second kappa shape index (κ2) is 3.86. The fourth-order valence-electron chi connectivity index (χ4n) is 2.42. The number of ether oxygens (including phenoxy) is 1. The Morgan fingerprint density at radius 1 is 1.40 bits per heavy atom. The van der Waals surface area contributed by atoms with Crippen molar-refractivity contribution >= 4 is 0 Å². The third-order valence-electron chi connectivity index (χ3n) is 3.49. The van der Waals surface area contributed by atoms with Crippen LogP contribution in [0, 0.1) is 0 Å². The van der Waals surface area contributed by atoms with Gasteiger partial charge in [0.05, 0.1) is 7.11 Å². The van der Waals surface area contributed by atoms with Gasteiger partial charge in [-0.3, -0.25) is 0 Å². The van der Waals surface area contributed by atoms with Crippen LogP contribution in [0.2, 0.25) is 0 Å². The standard InChI is InChI=1S/C13H19NO/c1-3-10-11(13(14)8-5-9-13)6-4-7-12(10)15-2/h4,6-7H,3,5,8-9,14H2,1-2H3. The van der Waals surface area contributed by atoms with Crippen LogP contribution >= 0.6 is 0 Å². The van der Waals surface area contributed by atoms with E-state index in [0.717, 1.165) is 25.0 Å². The zero-order valence-corrected chi connectivity index (χ0v) is 9.55. The van der Waals surface area contributed by atoms with Crippen molar-refractivity contribution in [1.29, 1.82) is 0 Å². The number of rotatable bonds is 3. The average Bonchev–Trinajstić information content (AvgIpc) is 2.24. The summed E-state index contributed by atoms with van der Waals surface area (Å²) in [6, 6.07) is 6.21. The van der Waals surface area contributed by atoms with E-state index in [2.05, 4.69) is 13.0 Å². The zero-order valence-electron chi connectivity index (χ0n) is 9.55. The van der Waals surface area contributed by atoms with E-state index in [-0.39, 0.29) is 5.54 Å². The van der Waals surface area contributed by atoms with Crippen molar-refractivity contribution in [2.24, 2.45) is 5.73 Å². The fraction of sp³-hybridized carbons (Fsp3) is 0.538. The highest BCUT2D eigenvalue weighted by atomic mass is 16.5. The molecule has 1 saturated carbocycles. The first-order chi connectivity index (χ1) is 7.21. The van der Waals surface area contributed by atoms with Gasteiger partial charge >= 0.3 is 0 Å². The van der Waals surface area contributed by atoms with E-state index in [1.807, 2.05) is 12.1 Å². The van der Waals surface area contributed by atoms with Crippen LogP contribution in [0.5, 0.6) is 5.75 Å². The lowest BCUT2D eigenvalue weighted by Crippen LogP contribution is -2.44. The molecule has 1 aliphatic rings. The van der Waals surface area contributed by atoms with Crippen LogP contribution in [0.25, 0.3) is 0 Å². The summed E-state index contributed by atoms with van der Waals surface area (Å²) < 4.78 is 5.39. The number of methoxy groups -OCH3 is 1. The molecule has 0 aromatic heterocycles. The Morgan fingerprint density at radius 3 is 2.60 bits per heavy atom. The Hall–Kier alpha value is -1.02. The zero-order chi connectivity index (χ0) is 10.9. The van der Waals surface area contributed by atoms with Crippen molar-refractivity contribution < 1.29 is 4.74 Å². The highest BCUT2D eigenvalue weighted by molar-refractivity contribution is 5.44. The molecule has 0 amide bonds. The maximum absolute atomic E-state index is 6.37. The molecule has 2 heteroatoms. The Kier molecular flexibility index (Phi) is 2.70. The van der Waals surface area contributed by atoms with Crippen LogP contribution in [0.15, 0.2) is 18.2 Å². The molecule has 0 spiro atoms. The van der Waals surface area contributed by atoms with Gasteiger partial charge in [-0.15, -0.1) is 0 Å². The summed E-state index contributed by atoms with van der Waals surface area (Å²) in [4.78, 5) is 0. The first kappa shape index (κ1) is 10.5. The monoisotopic (exact) mass is 205 g/mol. The van der Waals surface area contributed by atoms with Gasteiger partial charge in [-0.25, -0.2) is 0 Å². The molecule has 1 fully saturated rings. The molecule has 2 rings (SSSR count). The summed E-state index contributed by atoms with van der Waals surface area (Å²) in [5.74, 6) is 0.978. The lowest BCUT2D eigenvalue weighted by molar-refractivity contribution is 0.250. The minimum Gasteiger partial charge on any atom is -0.496 e. The van der Waals surface area contributed by atoms with E-state index in [0.29, 0.717) is 0 Å². The summed E-state index contributed by atoms with van der Waals surface area (Å²) in [6.07, 6.45) is 4.44. The molecule has 0 radical (unpaired) electrons. The molecule has 0 bridgehead atoms. The summed E-state index contributed by atoms with van der Waals surface area (Å²) >= 11 is 0. The number of benzene rings is 1. The lowest BCUT2D eigenvalue weighted by atomic mass is 9.71. The minimum atomic E-state index is -0.0834. The second-order valence-electron chi connectivity index (χ2n) is 4.35. The highest BCUT2D eigenvalue weighted by Crippen LogP contribution is 2.42. The van der Waals surface area contributed by atoms with Gasteiger partial charge in [-0.1, -0.05) is 19.1 Å². The molecule has 0 aliphatic heterocycles. The van der Waals surface area contributed by atoms with Crippen LogP contribution in [0.4, 0.5) is 0 Å². The van der Waals surface area contributed by atoms with E-state index in [1.54, 1.807) is 7.11 Å². The fourth-order valence-corrected chi connectivity index (χ4v) is 2.42. The van der Waals surface area contributed by atoms with Gasteiger partial charge in [0.1, 0.15) is 5.75 Å². The van der Waals surface area contributed by atoms with Crippen molar-refractivity contribution in [3.8, 4) is 5.75 Å². The van der Waals surface area contributed by atoms with E-state index < -0.39 is 0 Å². The quantitative estimate of drug-likeness (QED) is 0.823. The van der Waals surface area contributed by atoms with Crippen LogP contribution in [0.1, 0.15) is 37.3 Å². The molecule has 2 nitrogen and oxygen atoms in total. The number of hydrogen-bond acceptors (Lipinski definition) is 2. The topological polar surface area (TPSA) is 35.2 Å². The Balaban J connectivity index is 2.46. The molecule has 82 valence electrons. The van der Waals surface area contributed by atoms with Crippen LogP contribution in [0.3, 0.4) is 0 Å². The molecule has 0 unspecified atom stereocenters. The summed E-state index contributed by atoms with van der Waals surface area (Å²) in [5.41, 5.74) is 8.85. The number of nitrogens with two attached hydrogens (primary N) is 1. The summed E-state index contributed by atoms with van der Waals surface area (Å²) in [6.45, 7) is 2.16. The first-order valence-electron chi connectivity index (χ1n) is 5.66. The van der Waals surface area contributed by atoms with Crippen LogP contribution < -0.4 is 10.5 Å². The smallest absolute Gasteiger partial charge is 0.122 e. The van der Waals surface area contributed by atoms with Crippen molar-refractivity contribution in [3.63, 3.8) is 0 Å². The predicted octanol–water partition coefficient (Wildman–Crippen LogP) is 2.60. The highest BCUT2D eigenvalue weighted by Gasteiger charge is 2.36. The van der Waals surface area contributed by atoms with E-state index in [1.165, 1.54) is 17.5 Å². The van der Waals surface area contributed by atoms with Crippen molar-refractivity contribution in [1.82, 2.24) is 0 Å². The molecule has 1 aliphatic carbocycles. The summed E-state index contributed by atoms with van der Waals surface area (Å²) in [7, 11) is 1.72. The Bertz CT molecular complexity index is 356. The summed E-state index contributed by atoms with van der Waals surface area (Å²) in [5, 5.41) is 0. The van der Waals surface area contributed by atoms with Gasteiger partial charge in [-0.05, 0) is 42.9 Å². The molecular weight excluding hydrogens is 186 g/mol. The average molecular weight is 205 g/mol. The van der Waals surface area contributed by atoms with Crippen molar-refractivity contribution in [3.05, 3.63) is 29.3 Å². The van der Waals surface area contributed by atoms with Crippen LogP contribution in [-0.2, 0) is 12.0 Å². The molecule has 1 aromatic rings. The van der Waals surface area contributed by atoms with Crippen molar-refractivity contribution in [2.75, 3.05) is 7.11 Å². The molecule has 0 heterocycles. The lowest BCUT2D eigenvalue weighted by Gasteiger charge is -2.40. The SMILES string of the molecule is CCc1c(OC)cccc1C1(N)CCC1. The largest absolute Gasteiger partial charge is 0.496 e. The number of hydrogen-bond donors (Lipinski definition) is 1. The molecule has 0 atom stereocenters. The molecule has 2 N–H and O–H groups in total. The van der Waals surface area contributed by atoms with Gasteiger partial charge in [0.2, 0.25) is 0 Å². The van der Waals surface area contributed by atoms with Gasteiger partial charge in [0.25, 0.3) is 0 Å². The van der Waals surface area contributed by atoms with Crippen molar-refractivity contribution in [2.45, 2.75) is 38.1 Å². The second-order valence-corrected chi connectivity index (χ2v) is 4.35. The Morgan fingerprint density at radius 2 is 2.13 bits per heavy atom. The van der Waals surface area contributed by atoms with E-state index >= 15 is 0 Å². The molecular formula is C13H19NO. The van der Waals surface area contributed by atoms with Crippen LogP contribution in [-0.4, -0.2) is 7.11 Å². The normalized spacial score (nSPS) is 18.3.